The minimum atomic E-state index is -5.45. The van der Waals surface area contributed by atoms with E-state index in [1.54, 1.807) is 0 Å². The molecule has 0 saturated heterocycles. The van der Waals surface area contributed by atoms with Gasteiger partial charge in [-0.2, -0.15) is 21.6 Å². The van der Waals surface area contributed by atoms with Crippen LogP contribution in [0.3, 0.4) is 0 Å². The van der Waals surface area contributed by atoms with Gasteiger partial charge < -0.3 is 4.43 Å². The first kappa shape index (κ1) is 13.9. The zero-order valence-corrected chi connectivity index (χ0v) is 9.73. The topological polar surface area (TPSA) is 52.6 Å². The lowest BCUT2D eigenvalue weighted by atomic mass is 10.8. The summed E-state index contributed by atoms with van der Waals surface area (Å²) in [7, 11) is -6.18. The molecule has 0 rings (SSSR count). The summed E-state index contributed by atoms with van der Waals surface area (Å²) < 4.78 is 64.1. The number of rotatable bonds is 6. The van der Waals surface area contributed by atoms with Crippen LogP contribution in [0.15, 0.2) is 0 Å². The molecule has 0 radical (unpaired) electrons. The number of halogens is 3. The van der Waals surface area contributed by atoms with Gasteiger partial charge in [0.2, 0.25) is 0 Å². The van der Waals surface area contributed by atoms with E-state index in [-0.39, 0.29) is 6.61 Å². The summed E-state index contributed by atoms with van der Waals surface area (Å²) in [6.45, 7) is 1.17. The second-order valence-corrected chi connectivity index (χ2v) is 5.76. The Balaban J connectivity index is 3.80. The van der Waals surface area contributed by atoms with Gasteiger partial charge in [0, 0.05) is 0 Å². The van der Waals surface area contributed by atoms with Crippen LogP contribution < -0.4 is 0 Å². The molecular weight excluding hydrogens is 241 g/mol. The van der Waals surface area contributed by atoms with Crippen molar-refractivity contribution in [3.05, 3.63) is 0 Å². The average molecular weight is 252 g/mol. The van der Waals surface area contributed by atoms with Crippen molar-refractivity contribution >= 4 is 19.9 Å². The molecule has 4 nitrogen and oxygen atoms in total. The van der Waals surface area contributed by atoms with E-state index >= 15 is 0 Å². The third-order valence-electron chi connectivity index (χ3n) is 1.10. The Morgan fingerprint density at radius 2 is 1.86 bits per heavy atom. The average Bonchev–Trinajstić information content (AvgIpc) is 2.02. The monoisotopic (exact) mass is 252 g/mol. The highest BCUT2D eigenvalue weighted by atomic mass is 32.2. The van der Waals surface area contributed by atoms with Gasteiger partial charge in [-0.05, 0) is 6.04 Å². The lowest BCUT2D eigenvalue weighted by Crippen LogP contribution is -2.27. The van der Waals surface area contributed by atoms with Crippen LogP contribution in [0.4, 0.5) is 13.2 Å². The molecule has 0 fully saturated rings. The third-order valence-corrected chi connectivity index (χ3v) is 3.13. The van der Waals surface area contributed by atoms with Gasteiger partial charge in [-0.1, -0.05) is 6.92 Å². The molecule has 0 bridgehead atoms. The van der Waals surface area contributed by atoms with Gasteiger partial charge >= 0.3 is 15.6 Å². The summed E-state index contributed by atoms with van der Waals surface area (Å²) in [4.78, 5) is 0. The molecule has 0 aliphatic rings. The Bertz CT molecular complexity index is 250. The summed E-state index contributed by atoms with van der Waals surface area (Å²) in [5, 5.41) is 0. The van der Waals surface area contributed by atoms with E-state index in [1.807, 2.05) is 6.92 Å². The summed E-state index contributed by atoms with van der Waals surface area (Å²) in [6.07, 6.45) is 0. The first-order valence-corrected chi connectivity index (χ1v) is 6.83. The van der Waals surface area contributed by atoms with Crippen molar-refractivity contribution in [2.24, 2.45) is 0 Å². The molecule has 0 unspecified atom stereocenters. The molecule has 0 spiro atoms. The first-order chi connectivity index (χ1) is 6.31. The Morgan fingerprint density at radius 3 is 2.29 bits per heavy atom. The van der Waals surface area contributed by atoms with Crippen molar-refractivity contribution in [1.29, 1.82) is 0 Å². The molecule has 14 heavy (non-hydrogen) atoms. The van der Waals surface area contributed by atoms with E-state index in [0.29, 0.717) is 0 Å². The van der Waals surface area contributed by atoms with Gasteiger partial charge in [-0.25, -0.2) is 0 Å². The van der Waals surface area contributed by atoms with Crippen LogP contribution in [-0.4, -0.2) is 36.9 Å². The van der Waals surface area contributed by atoms with Crippen LogP contribution in [0, 0.1) is 0 Å². The summed E-state index contributed by atoms with van der Waals surface area (Å²) in [6, 6.07) is 0.839. The zero-order chi connectivity index (χ0) is 11.2. The van der Waals surface area contributed by atoms with Crippen LogP contribution in [0.2, 0.25) is 6.04 Å². The highest BCUT2D eigenvalue weighted by Crippen LogP contribution is 2.24. The second kappa shape index (κ2) is 5.68. The molecule has 86 valence electrons. The molecule has 0 aromatic rings. The van der Waals surface area contributed by atoms with Crippen LogP contribution in [0.5, 0.6) is 0 Å². The first-order valence-electron chi connectivity index (χ1n) is 3.84. The van der Waals surface area contributed by atoms with E-state index in [0.717, 1.165) is 6.04 Å². The molecule has 0 saturated carbocycles. The molecule has 9 heteroatoms. The maximum absolute atomic E-state index is 11.7. The number of hydrogen-bond acceptors (Lipinski definition) is 4. The minimum absolute atomic E-state index is 0.116. The molecule has 0 aromatic heterocycles. The largest absolute Gasteiger partial charge is 0.523 e. The van der Waals surface area contributed by atoms with Crippen molar-refractivity contribution in [2.75, 3.05) is 13.2 Å². The van der Waals surface area contributed by atoms with Crippen molar-refractivity contribution in [2.45, 2.75) is 18.5 Å². The summed E-state index contributed by atoms with van der Waals surface area (Å²) >= 11 is 0. The van der Waals surface area contributed by atoms with Crippen LogP contribution in [0.1, 0.15) is 6.92 Å². The molecule has 0 aliphatic heterocycles. The lowest BCUT2D eigenvalue weighted by molar-refractivity contribution is -0.0546. The Hall–Kier alpha value is -0.123. The van der Waals surface area contributed by atoms with Crippen molar-refractivity contribution < 1.29 is 30.2 Å². The lowest BCUT2D eigenvalue weighted by Gasteiger charge is -2.08. The van der Waals surface area contributed by atoms with Crippen LogP contribution in [-0.2, 0) is 18.7 Å². The number of alkyl halides is 3. The molecular formula is C5H11F3O4SSi. The number of hydrogen-bond donors (Lipinski definition) is 0. The van der Waals surface area contributed by atoms with Crippen molar-refractivity contribution in [3.63, 3.8) is 0 Å². The van der Waals surface area contributed by atoms with Crippen LogP contribution in [0.25, 0.3) is 0 Å². The molecule has 0 amide bonds. The van der Waals surface area contributed by atoms with Gasteiger partial charge in [0.1, 0.15) is 0 Å². The Morgan fingerprint density at radius 1 is 1.29 bits per heavy atom. The fraction of sp³-hybridized carbons (Fsp3) is 1.00. The summed E-state index contributed by atoms with van der Waals surface area (Å²) in [5.74, 6) is 0. The van der Waals surface area contributed by atoms with E-state index in [9.17, 15) is 21.6 Å². The van der Waals surface area contributed by atoms with E-state index in [2.05, 4.69) is 4.18 Å². The smallest absolute Gasteiger partial charge is 0.422 e. The van der Waals surface area contributed by atoms with Crippen molar-refractivity contribution in [1.82, 2.24) is 0 Å². The van der Waals surface area contributed by atoms with Crippen molar-refractivity contribution in [3.8, 4) is 0 Å². The fourth-order valence-corrected chi connectivity index (χ4v) is 1.55. The van der Waals surface area contributed by atoms with E-state index in [4.69, 9.17) is 4.43 Å². The molecule has 0 heterocycles. The van der Waals surface area contributed by atoms with Crippen LogP contribution >= 0.6 is 0 Å². The predicted molar refractivity (Wildman–Crippen MR) is 45.9 cm³/mol. The zero-order valence-electron chi connectivity index (χ0n) is 7.50. The molecule has 0 N–H and O–H groups in total. The Kier molecular flexibility index (Phi) is 5.63. The van der Waals surface area contributed by atoms with Gasteiger partial charge in [0.25, 0.3) is 0 Å². The SMILES string of the molecule is CC[SiH2]OCCOS(=O)(=O)C(F)(F)F. The van der Waals surface area contributed by atoms with E-state index < -0.39 is 32.0 Å². The maximum atomic E-state index is 11.7. The normalized spacial score (nSPS) is 14.0. The summed E-state index contributed by atoms with van der Waals surface area (Å²) in [5.41, 5.74) is -5.35. The third kappa shape index (κ3) is 4.93. The standard InChI is InChI=1S/C5H11F3O4SSi/c1-2-14-12-4-3-11-13(9,10)5(6,7)8/h2-4,14H2,1H3. The highest BCUT2D eigenvalue weighted by molar-refractivity contribution is 7.87. The fourth-order valence-electron chi connectivity index (χ4n) is 0.516. The van der Waals surface area contributed by atoms with Gasteiger partial charge in [0.05, 0.1) is 13.2 Å². The van der Waals surface area contributed by atoms with E-state index in [1.165, 1.54) is 0 Å². The predicted octanol–water partition coefficient (Wildman–Crippen LogP) is 0.391. The Labute approximate surface area is 82.5 Å². The maximum Gasteiger partial charge on any atom is 0.523 e. The quantitative estimate of drug-likeness (QED) is 0.297. The molecule has 0 aliphatic carbocycles. The second-order valence-electron chi connectivity index (χ2n) is 2.33. The molecule has 0 atom stereocenters. The van der Waals surface area contributed by atoms with Gasteiger partial charge in [-0.15, -0.1) is 0 Å². The minimum Gasteiger partial charge on any atom is -0.422 e. The van der Waals surface area contributed by atoms with Gasteiger partial charge in [-0.3, -0.25) is 4.18 Å². The highest BCUT2D eigenvalue weighted by Gasteiger charge is 2.47. The molecule has 0 aromatic carbocycles. The van der Waals surface area contributed by atoms with Gasteiger partial charge in [0.15, 0.2) is 9.76 Å².